The molecule has 1 rings (SSSR count). The summed E-state index contributed by atoms with van der Waals surface area (Å²) in [5.41, 5.74) is 1.52. The van der Waals surface area contributed by atoms with Crippen molar-refractivity contribution in [3.63, 3.8) is 0 Å². The molecule has 0 amide bonds. The molecule has 0 bridgehead atoms. The zero-order valence-corrected chi connectivity index (χ0v) is 7.41. The molecular weight excluding hydrogens is 166 g/mol. The maximum Gasteiger partial charge on any atom is 0.169 e. The Balaban J connectivity index is 2.79. The van der Waals surface area contributed by atoms with Crippen molar-refractivity contribution in [2.75, 3.05) is 12.4 Å². The van der Waals surface area contributed by atoms with Crippen molar-refractivity contribution in [3.05, 3.63) is 29.8 Å². The first-order valence-electron chi connectivity index (χ1n) is 4.02. The van der Waals surface area contributed by atoms with E-state index in [1.54, 1.807) is 24.3 Å². The van der Waals surface area contributed by atoms with Gasteiger partial charge in [-0.1, -0.05) is 0 Å². The predicted molar refractivity (Wildman–Crippen MR) is 51.0 cm³/mol. The Morgan fingerprint density at radius 1 is 1.38 bits per heavy atom. The molecule has 0 saturated carbocycles. The number of anilines is 1. The van der Waals surface area contributed by atoms with Gasteiger partial charge in [0, 0.05) is 18.3 Å². The van der Waals surface area contributed by atoms with Gasteiger partial charge in [-0.25, -0.2) is 0 Å². The highest BCUT2D eigenvalue weighted by molar-refractivity contribution is 6.02. The minimum Gasteiger partial charge on any atom is -0.388 e. The van der Waals surface area contributed by atoms with Gasteiger partial charge in [0.05, 0.1) is 6.42 Å². The molecule has 0 aromatic heterocycles. The zero-order valence-electron chi connectivity index (χ0n) is 7.41. The zero-order chi connectivity index (χ0) is 9.68. The first-order valence-corrected chi connectivity index (χ1v) is 4.02. The van der Waals surface area contributed by atoms with Crippen molar-refractivity contribution in [1.29, 1.82) is 0 Å². The number of ketones is 1. The van der Waals surface area contributed by atoms with Crippen LogP contribution in [0.2, 0.25) is 0 Å². The van der Waals surface area contributed by atoms with Crippen LogP contribution >= 0.6 is 0 Å². The lowest BCUT2D eigenvalue weighted by molar-refractivity contribution is -0.107. The molecule has 1 aromatic carbocycles. The number of benzene rings is 1. The molecule has 0 spiro atoms. The third-order valence-corrected chi connectivity index (χ3v) is 1.76. The molecule has 0 aliphatic rings. The number of nitrogens with one attached hydrogen (secondary N) is 1. The Hall–Kier alpha value is -1.64. The average Bonchev–Trinajstić information content (AvgIpc) is 2.18. The molecular formula is C10H11NO2. The van der Waals surface area contributed by atoms with Crippen LogP contribution in [0.15, 0.2) is 24.3 Å². The molecule has 0 unspecified atom stereocenters. The summed E-state index contributed by atoms with van der Waals surface area (Å²) in [6, 6.07) is 7.02. The van der Waals surface area contributed by atoms with Crippen molar-refractivity contribution in [1.82, 2.24) is 0 Å². The lowest BCUT2D eigenvalue weighted by Gasteiger charge is -2.00. The summed E-state index contributed by atoms with van der Waals surface area (Å²) in [7, 11) is 1.81. The summed E-state index contributed by atoms with van der Waals surface area (Å²) < 4.78 is 0. The Morgan fingerprint density at radius 2 is 2.00 bits per heavy atom. The second-order valence-electron chi connectivity index (χ2n) is 2.62. The van der Waals surface area contributed by atoms with Gasteiger partial charge in [-0.15, -0.1) is 0 Å². The van der Waals surface area contributed by atoms with Crippen LogP contribution in [0.5, 0.6) is 0 Å². The first kappa shape index (κ1) is 9.45. The maximum absolute atomic E-state index is 11.2. The van der Waals surface area contributed by atoms with Gasteiger partial charge in [-0.3, -0.25) is 4.79 Å². The highest BCUT2D eigenvalue weighted by Gasteiger charge is 2.03. The van der Waals surface area contributed by atoms with Crippen molar-refractivity contribution in [3.8, 4) is 0 Å². The van der Waals surface area contributed by atoms with E-state index in [4.69, 9.17) is 0 Å². The van der Waals surface area contributed by atoms with E-state index in [2.05, 4.69) is 5.32 Å². The number of carbonyl (C=O) groups is 2. The molecule has 0 aliphatic carbocycles. The summed E-state index contributed by atoms with van der Waals surface area (Å²) in [5.74, 6) is -0.141. The lowest BCUT2D eigenvalue weighted by Crippen LogP contribution is -1.99. The number of hydrogen-bond acceptors (Lipinski definition) is 3. The monoisotopic (exact) mass is 177 g/mol. The van der Waals surface area contributed by atoms with Crippen LogP contribution in [-0.4, -0.2) is 19.1 Å². The summed E-state index contributed by atoms with van der Waals surface area (Å²) in [6.45, 7) is 0. The van der Waals surface area contributed by atoms with Gasteiger partial charge in [0.1, 0.15) is 6.29 Å². The first-order chi connectivity index (χ1) is 6.27. The van der Waals surface area contributed by atoms with Crippen LogP contribution in [0, 0.1) is 0 Å². The Bertz CT molecular complexity index is 303. The minimum atomic E-state index is -0.141. The Kier molecular flexibility index (Phi) is 3.20. The van der Waals surface area contributed by atoms with E-state index < -0.39 is 0 Å². The third-order valence-electron chi connectivity index (χ3n) is 1.76. The summed E-state index contributed by atoms with van der Waals surface area (Å²) >= 11 is 0. The number of aldehydes is 1. The fourth-order valence-electron chi connectivity index (χ4n) is 1.02. The summed E-state index contributed by atoms with van der Waals surface area (Å²) in [6.07, 6.45) is 0.577. The van der Waals surface area contributed by atoms with E-state index in [9.17, 15) is 9.59 Å². The highest BCUT2D eigenvalue weighted by atomic mass is 16.1. The van der Waals surface area contributed by atoms with Gasteiger partial charge in [0.25, 0.3) is 0 Å². The van der Waals surface area contributed by atoms with E-state index in [0.29, 0.717) is 11.8 Å². The molecule has 3 nitrogen and oxygen atoms in total. The molecule has 0 radical (unpaired) electrons. The molecule has 0 saturated heterocycles. The average molecular weight is 177 g/mol. The van der Waals surface area contributed by atoms with Gasteiger partial charge in [-0.2, -0.15) is 0 Å². The lowest BCUT2D eigenvalue weighted by atomic mass is 10.1. The van der Waals surface area contributed by atoms with Crippen LogP contribution in [-0.2, 0) is 4.79 Å². The number of carbonyl (C=O) groups excluding carboxylic acids is 2. The third kappa shape index (κ3) is 2.40. The van der Waals surface area contributed by atoms with Gasteiger partial charge >= 0.3 is 0 Å². The molecule has 0 heterocycles. The SMILES string of the molecule is CNc1ccc(C(=O)CC=O)cc1. The van der Waals surface area contributed by atoms with Gasteiger partial charge in [0.15, 0.2) is 5.78 Å². The number of rotatable bonds is 4. The molecule has 3 heteroatoms. The molecule has 0 aliphatic heterocycles. The van der Waals surface area contributed by atoms with Gasteiger partial charge < -0.3 is 10.1 Å². The predicted octanol–water partition coefficient (Wildman–Crippen LogP) is 1.50. The molecule has 68 valence electrons. The van der Waals surface area contributed by atoms with Crippen LogP contribution in [0.3, 0.4) is 0 Å². The van der Waals surface area contributed by atoms with Crippen molar-refractivity contribution in [2.45, 2.75) is 6.42 Å². The topological polar surface area (TPSA) is 46.2 Å². The van der Waals surface area contributed by atoms with Crippen LogP contribution < -0.4 is 5.32 Å². The molecule has 13 heavy (non-hydrogen) atoms. The van der Waals surface area contributed by atoms with E-state index in [1.807, 2.05) is 7.05 Å². The summed E-state index contributed by atoms with van der Waals surface area (Å²) in [4.78, 5) is 21.3. The normalized spacial score (nSPS) is 9.31. The second-order valence-corrected chi connectivity index (χ2v) is 2.62. The molecule has 0 fully saturated rings. The van der Waals surface area contributed by atoms with Crippen LogP contribution in [0.1, 0.15) is 16.8 Å². The van der Waals surface area contributed by atoms with Gasteiger partial charge in [0.2, 0.25) is 0 Å². The minimum absolute atomic E-state index is 0.0428. The largest absolute Gasteiger partial charge is 0.388 e. The number of hydrogen-bond donors (Lipinski definition) is 1. The standard InChI is InChI=1S/C10H11NO2/c1-11-9-4-2-8(3-5-9)10(13)6-7-12/h2-5,7,11H,6H2,1H3. The van der Waals surface area contributed by atoms with E-state index >= 15 is 0 Å². The number of Topliss-reactive ketones (excluding diaryl/α,β-unsaturated/α-hetero) is 1. The second kappa shape index (κ2) is 4.40. The maximum atomic E-state index is 11.2. The smallest absolute Gasteiger partial charge is 0.169 e. The molecule has 1 aromatic rings. The van der Waals surface area contributed by atoms with Gasteiger partial charge in [-0.05, 0) is 24.3 Å². The van der Waals surface area contributed by atoms with Crippen LogP contribution in [0.25, 0.3) is 0 Å². The van der Waals surface area contributed by atoms with Crippen molar-refractivity contribution >= 4 is 17.8 Å². The van der Waals surface area contributed by atoms with E-state index in [0.717, 1.165) is 5.69 Å². The molecule has 0 atom stereocenters. The quantitative estimate of drug-likeness (QED) is 0.430. The van der Waals surface area contributed by atoms with Crippen LogP contribution in [0.4, 0.5) is 5.69 Å². The Labute approximate surface area is 76.8 Å². The highest BCUT2D eigenvalue weighted by Crippen LogP contribution is 2.09. The van der Waals surface area contributed by atoms with Crippen molar-refractivity contribution in [2.24, 2.45) is 0 Å². The Morgan fingerprint density at radius 3 is 2.46 bits per heavy atom. The van der Waals surface area contributed by atoms with E-state index in [-0.39, 0.29) is 12.2 Å². The fourth-order valence-corrected chi connectivity index (χ4v) is 1.02. The van der Waals surface area contributed by atoms with E-state index in [1.165, 1.54) is 0 Å². The van der Waals surface area contributed by atoms with Crippen molar-refractivity contribution < 1.29 is 9.59 Å². The fraction of sp³-hybridized carbons (Fsp3) is 0.200. The summed E-state index contributed by atoms with van der Waals surface area (Å²) in [5, 5.41) is 2.94. The molecule has 1 N–H and O–H groups in total.